The zero-order valence-corrected chi connectivity index (χ0v) is 16.2. The summed E-state index contributed by atoms with van der Waals surface area (Å²) in [6.45, 7) is 0. The Hall–Kier alpha value is -2.44. The summed E-state index contributed by atoms with van der Waals surface area (Å²) in [6, 6.07) is 15.6. The number of nitrogens with zero attached hydrogens (tertiary/aromatic N) is 1. The van der Waals surface area contributed by atoms with Crippen LogP contribution in [0.5, 0.6) is 5.75 Å². The molecule has 3 aromatic carbocycles. The number of hydrogen-bond donors (Lipinski definition) is 1. The third-order valence-corrected chi connectivity index (χ3v) is 5.77. The van der Waals surface area contributed by atoms with Crippen molar-refractivity contribution in [3.05, 3.63) is 59.6 Å². The molecule has 0 saturated carbocycles. The summed E-state index contributed by atoms with van der Waals surface area (Å²) in [5.41, 5.74) is 1.32. The number of ether oxygens (including phenoxy) is 1. The second-order valence-electron chi connectivity index (χ2n) is 5.98. The minimum atomic E-state index is -3.79. The molecule has 0 fully saturated rings. The van der Waals surface area contributed by atoms with E-state index in [1.54, 1.807) is 30.3 Å². The van der Waals surface area contributed by atoms with E-state index < -0.39 is 10.0 Å². The summed E-state index contributed by atoms with van der Waals surface area (Å²) >= 11 is 6.09. The molecule has 3 rings (SSSR count). The molecule has 0 aliphatic rings. The smallest absolute Gasteiger partial charge is 0.262 e. The standard InChI is InChI=1S/C19H19ClN2O3S/c1-22(2)17-8-4-7-15-14(17)6-5-9-19(15)26(23,24)21-13-10-11-18(25-3)16(20)12-13/h4-12,21H,1-3H3. The lowest BCUT2D eigenvalue weighted by atomic mass is 10.1. The monoisotopic (exact) mass is 390 g/mol. The van der Waals surface area contributed by atoms with Crippen LogP contribution in [0.4, 0.5) is 11.4 Å². The minimum absolute atomic E-state index is 0.214. The third kappa shape index (κ3) is 3.43. The molecule has 0 unspecified atom stereocenters. The highest BCUT2D eigenvalue weighted by Gasteiger charge is 2.19. The summed E-state index contributed by atoms with van der Waals surface area (Å²) in [4.78, 5) is 2.17. The molecule has 26 heavy (non-hydrogen) atoms. The van der Waals surface area contributed by atoms with Crippen molar-refractivity contribution in [3.63, 3.8) is 0 Å². The molecular formula is C19H19ClN2O3S. The van der Waals surface area contributed by atoms with Gasteiger partial charge in [0.2, 0.25) is 0 Å². The Morgan fingerprint density at radius 1 is 1.00 bits per heavy atom. The Morgan fingerprint density at radius 3 is 2.35 bits per heavy atom. The summed E-state index contributed by atoms with van der Waals surface area (Å²) < 4.78 is 33.6. The van der Waals surface area contributed by atoms with Crippen molar-refractivity contribution in [3.8, 4) is 5.75 Å². The predicted molar refractivity (Wildman–Crippen MR) is 107 cm³/mol. The molecule has 0 radical (unpaired) electrons. The normalized spacial score (nSPS) is 11.4. The molecule has 0 saturated heterocycles. The second kappa shape index (κ2) is 7.05. The van der Waals surface area contributed by atoms with E-state index in [9.17, 15) is 8.42 Å². The third-order valence-electron chi connectivity index (χ3n) is 4.03. The summed E-state index contributed by atoms with van der Waals surface area (Å²) in [6.07, 6.45) is 0. The molecule has 0 spiro atoms. The van der Waals surface area contributed by atoms with E-state index >= 15 is 0 Å². The summed E-state index contributed by atoms with van der Waals surface area (Å²) in [5, 5.41) is 1.86. The van der Waals surface area contributed by atoms with Gasteiger partial charge in [0.25, 0.3) is 10.0 Å². The van der Waals surface area contributed by atoms with Crippen LogP contribution >= 0.6 is 11.6 Å². The van der Waals surface area contributed by atoms with Gasteiger partial charge in [-0.25, -0.2) is 8.42 Å². The molecular weight excluding hydrogens is 372 g/mol. The molecule has 7 heteroatoms. The van der Waals surface area contributed by atoms with Crippen molar-refractivity contribution in [1.82, 2.24) is 0 Å². The Morgan fingerprint density at radius 2 is 1.69 bits per heavy atom. The van der Waals surface area contributed by atoms with Gasteiger partial charge in [-0.1, -0.05) is 35.9 Å². The average Bonchev–Trinajstić information content (AvgIpc) is 2.60. The zero-order valence-electron chi connectivity index (χ0n) is 14.7. The first-order chi connectivity index (χ1) is 12.3. The number of methoxy groups -OCH3 is 1. The SMILES string of the molecule is COc1ccc(NS(=O)(=O)c2cccc3c(N(C)C)cccc23)cc1Cl. The molecule has 1 N–H and O–H groups in total. The van der Waals surface area contributed by atoms with E-state index in [0.717, 1.165) is 11.1 Å². The van der Waals surface area contributed by atoms with Crippen LogP contribution in [0, 0.1) is 0 Å². The molecule has 0 amide bonds. The van der Waals surface area contributed by atoms with Crippen LogP contribution in [-0.4, -0.2) is 29.6 Å². The van der Waals surface area contributed by atoms with Gasteiger partial charge in [-0.2, -0.15) is 0 Å². The number of sulfonamides is 1. The first kappa shape index (κ1) is 18.4. The van der Waals surface area contributed by atoms with Crippen molar-refractivity contribution >= 4 is 43.8 Å². The fourth-order valence-corrected chi connectivity index (χ4v) is 4.36. The summed E-state index contributed by atoms with van der Waals surface area (Å²) in [7, 11) is 1.57. The van der Waals surface area contributed by atoms with Crippen LogP contribution in [0.2, 0.25) is 5.02 Å². The Labute approximate surface area is 158 Å². The van der Waals surface area contributed by atoms with E-state index in [2.05, 4.69) is 4.72 Å². The first-order valence-corrected chi connectivity index (χ1v) is 9.75. The highest BCUT2D eigenvalue weighted by Crippen LogP contribution is 2.32. The van der Waals surface area contributed by atoms with E-state index in [-0.39, 0.29) is 4.90 Å². The van der Waals surface area contributed by atoms with E-state index in [4.69, 9.17) is 16.3 Å². The number of rotatable bonds is 5. The molecule has 0 atom stereocenters. The summed E-state index contributed by atoms with van der Waals surface area (Å²) in [5.74, 6) is 0.482. The van der Waals surface area contributed by atoms with E-state index in [1.807, 2.05) is 37.2 Å². The Bertz CT molecular complexity index is 1070. The van der Waals surface area contributed by atoms with E-state index in [0.29, 0.717) is 21.8 Å². The molecule has 0 aromatic heterocycles. The molecule has 0 aliphatic heterocycles. The fraction of sp³-hybridized carbons (Fsp3) is 0.158. The molecule has 0 aliphatic carbocycles. The highest BCUT2D eigenvalue weighted by atomic mass is 35.5. The highest BCUT2D eigenvalue weighted by molar-refractivity contribution is 7.93. The molecule has 0 bridgehead atoms. The molecule has 136 valence electrons. The maximum absolute atomic E-state index is 13.0. The predicted octanol–water partition coefficient (Wildman–Crippen LogP) is 4.37. The van der Waals surface area contributed by atoms with Gasteiger partial charge < -0.3 is 9.64 Å². The molecule has 0 heterocycles. The van der Waals surface area contributed by atoms with Gasteiger partial charge >= 0.3 is 0 Å². The lowest BCUT2D eigenvalue weighted by Gasteiger charge is -2.17. The van der Waals surface area contributed by atoms with Gasteiger partial charge in [-0.05, 0) is 30.3 Å². The van der Waals surface area contributed by atoms with Gasteiger partial charge in [0, 0.05) is 30.6 Å². The number of benzene rings is 3. The fourth-order valence-electron chi connectivity index (χ4n) is 2.83. The number of nitrogens with one attached hydrogen (secondary N) is 1. The quantitative estimate of drug-likeness (QED) is 0.702. The Balaban J connectivity index is 2.08. The van der Waals surface area contributed by atoms with Crippen molar-refractivity contribution < 1.29 is 13.2 Å². The lowest BCUT2D eigenvalue weighted by molar-refractivity contribution is 0.415. The maximum atomic E-state index is 13.0. The van der Waals surface area contributed by atoms with Crippen LogP contribution in [0.25, 0.3) is 10.8 Å². The average molecular weight is 391 g/mol. The molecule has 5 nitrogen and oxygen atoms in total. The number of hydrogen-bond acceptors (Lipinski definition) is 4. The van der Waals surface area contributed by atoms with Gasteiger partial charge in [0.15, 0.2) is 0 Å². The van der Waals surface area contributed by atoms with Crippen LogP contribution in [-0.2, 0) is 10.0 Å². The van der Waals surface area contributed by atoms with Crippen LogP contribution < -0.4 is 14.4 Å². The maximum Gasteiger partial charge on any atom is 0.262 e. The molecule has 3 aromatic rings. The number of fused-ring (bicyclic) bond motifs is 1. The zero-order chi connectivity index (χ0) is 18.9. The number of anilines is 2. The largest absolute Gasteiger partial charge is 0.495 e. The number of halogens is 1. The topological polar surface area (TPSA) is 58.6 Å². The lowest BCUT2D eigenvalue weighted by Crippen LogP contribution is -2.14. The minimum Gasteiger partial charge on any atom is -0.495 e. The van der Waals surface area contributed by atoms with Crippen molar-refractivity contribution in [2.75, 3.05) is 30.8 Å². The van der Waals surface area contributed by atoms with Gasteiger partial charge in [0.05, 0.1) is 22.7 Å². The van der Waals surface area contributed by atoms with Gasteiger partial charge in [-0.15, -0.1) is 0 Å². The van der Waals surface area contributed by atoms with Crippen LogP contribution in [0.15, 0.2) is 59.5 Å². The van der Waals surface area contributed by atoms with Crippen molar-refractivity contribution in [1.29, 1.82) is 0 Å². The van der Waals surface area contributed by atoms with Crippen molar-refractivity contribution in [2.24, 2.45) is 0 Å². The Kier molecular flexibility index (Phi) is 4.98. The van der Waals surface area contributed by atoms with Gasteiger partial charge in [-0.3, -0.25) is 4.72 Å². The first-order valence-electron chi connectivity index (χ1n) is 7.89. The second-order valence-corrected chi connectivity index (χ2v) is 8.04. The van der Waals surface area contributed by atoms with E-state index in [1.165, 1.54) is 13.2 Å². The van der Waals surface area contributed by atoms with Crippen molar-refractivity contribution in [2.45, 2.75) is 4.90 Å². The van der Waals surface area contributed by atoms with Crippen LogP contribution in [0.3, 0.4) is 0 Å². The van der Waals surface area contributed by atoms with Crippen LogP contribution in [0.1, 0.15) is 0 Å². The van der Waals surface area contributed by atoms with Gasteiger partial charge in [0.1, 0.15) is 5.75 Å².